The van der Waals surface area contributed by atoms with E-state index in [4.69, 9.17) is 0 Å². The van der Waals surface area contributed by atoms with Gasteiger partial charge in [-0.3, -0.25) is 9.59 Å². The molecule has 3 N–H and O–H groups in total. The van der Waals surface area contributed by atoms with Crippen molar-refractivity contribution >= 4 is 34.6 Å². The van der Waals surface area contributed by atoms with E-state index in [0.29, 0.717) is 11.8 Å². The van der Waals surface area contributed by atoms with Gasteiger partial charge in [0.25, 0.3) is 0 Å². The van der Waals surface area contributed by atoms with Crippen molar-refractivity contribution in [3.05, 3.63) is 30.1 Å². The number of H-pyrrole nitrogens is 1. The number of nitrogens with one attached hydrogen (secondary N) is 3. The summed E-state index contributed by atoms with van der Waals surface area (Å²) in [5, 5.41) is 5.56. The van der Waals surface area contributed by atoms with Crippen LogP contribution in [-0.4, -0.2) is 40.1 Å². The first kappa shape index (κ1) is 15.9. The summed E-state index contributed by atoms with van der Waals surface area (Å²) in [4.78, 5) is 31.1. The molecular formula is C16H20N4O2S. The Kier molecular flexibility index (Phi) is 4.85. The third-order valence-electron chi connectivity index (χ3n) is 3.65. The average Bonchev–Trinajstić information content (AvgIpc) is 3.25. The number of hydrogen-bond donors (Lipinski definition) is 3. The summed E-state index contributed by atoms with van der Waals surface area (Å²) in [7, 11) is 0. The molecule has 0 radical (unpaired) electrons. The number of nitrogens with zero attached hydrogens (tertiary/aromatic N) is 1. The fraction of sp³-hybridized carbons (Fsp3) is 0.438. The zero-order chi connectivity index (χ0) is 16.2. The van der Waals surface area contributed by atoms with E-state index in [-0.39, 0.29) is 23.6 Å². The zero-order valence-electron chi connectivity index (χ0n) is 13.0. The Hall–Kier alpha value is -2.02. The second-order valence-corrected chi connectivity index (χ2v) is 7.04. The number of para-hydroxylation sites is 2. The van der Waals surface area contributed by atoms with Gasteiger partial charge in [0.1, 0.15) is 5.82 Å². The van der Waals surface area contributed by atoms with E-state index < -0.39 is 0 Å². The van der Waals surface area contributed by atoms with E-state index in [2.05, 4.69) is 20.6 Å². The fourth-order valence-electron chi connectivity index (χ4n) is 2.18. The van der Waals surface area contributed by atoms with Crippen LogP contribution < -0.4 is 10.6 Å². The summed E-state index contributed by atoms with van der Waals surface area (Å²) >= 11 is 1.49. The van der Waals surface area contributed by atoms with Gasteiger partial charge in [0, 0.05) is 6.04 Å². The average molecular weight is 332 g/mol. The van der Waals surface area contributed by atoms with Crippen LogP contribution in [0.15, 0.2) is 24.3 Å². The molecule has 0 unspecified atom stereocenters. The lowest BCUT2D eigenvalue weighted by molar-refractivity contribution is -0.124. The molecule has 6 nitrogen and oxygen atoms in total. The topological polar surface area (TPSA) is 86.9 Å². The number of aromatic nitrogens is 2. The van der Waals surface area contributed by atoms with Gasteiger partial charge in [-0.2, -0.15) is 0 Å². The minimum Gasteiger partial charge on any atom is -0.352 e. The maximum absolute atomic E-state index is 11.8. The van der Waals surface area contributed by atoms with Gasteiger partial charge in [-0.15, -0.1) is 11.8 Å². The molecule has 1 aromatic heterocycles. The van der Waals surface area contributed by atoms with E-state index in [1.807, 2.05) is 31.2 Å². The number of imidazole rings is 1. The number of fused-ring (bicyclic) bond motifs is 1. The van der Waals surface area contributed by atoms with Crippen LogP contribution in [0.25, 0.3) is 11.0 Å². The van der Waals surface area contributed by atoms with Crippen LogP contribution in [0.3, 0.4) is 0 Å². The number of benzene rings is 1. The molecule has 0 spiro atoms. The predicted octanol–water partition coefficient (Wildman–Crippen LogP) is 1.75. The van der Waals surface area contributed by atoms with E-state index in [0.717, 1.165) is 29.7 Å². The number of rotatable bonds is 7. The van der Waals surface area contributed by atoms with Gasteiger partial charge in [-0.05, 0) is 31.9 Å². The van der Waals surface area contributed by atoms with Crippen LogP contribution in [-0.2, 0) is 9.59 Å². The Labute approximate surface area is 138 Å². The first-order valence-electron chi connectivity index (χ1n) is 7.74. The van der Waals surface area contributed by atoms with Gasteiger partial charge in [0.2, 0.25) is 11.8 Å². The monoisotopic (exact) mass is 332 g/mol. The van der Waals surface area contributed by atoms with Crippen molar-refractivity contribution in [1.29, 1.82) is 0 Å². The first-order valence-corrected chi connectivity index (χ1v) is 8.79. The summed E-state index contributed by atoms with van der Waals surface area (Å²) in [5.74, 6) is 0.908. The van der Waals surface area contributed by atoms with Gasteiger partial charge in [-0.25, -0.2) is 4.98 Å². The molecule has 1 fully saturated rings. The number of carbonyl (C=O) groups is 2. The Balaban J connectivity index is 1.43. The molecule has 122 valence electrons. The highest BCUT2D eigenvalue weighted by molar-refractivity contribution is 8.00. The van der Waals surface area contributed by atoms with Crippen molar-refractivity contribution in [2.24, 2.45) is 0 Å². The largest absolute Gasteiger partial charge is 0.352 e. The minimum absolute atomic E-state index is 0.0505. The second-order valence-electron chi connectivity index (χ2n) is 5.71. The van der Waals surface area contributed by atoms with Crippen molar-refractivity contribution in [1.82, 2.24) is 20.6 Å². The highest BCUT2D eigenvalue weighted by Crippen LogP contribution is 2.27. The van der Waals surface area contributed by atoms with Gasteiger partial charge in [-0.1, -0.05) is 12.1 Å². The summed E-state index contributed by atoms with van der Waals surface area (Å²) in [6.07, 6.45) is 2.09. The molecule has 1 heterocycles. The lowest BCUT2D eigenvalue weighted by Crippen LogP contribution is -2.38. The standard InChI is InChI=1S/C16H20N4O2S/c1-10(16-19-12-4-2-3-5-13(12)20-16)23-9-15(22)17-8-14(21)18-11-6-7-11/h2-5,10-11H,6-9H2,1H3,(H,17,22)(H,18,21)(H,19,20)/t10-/m1/s1. The minimum atomic E-state index is -0.135. The number of carbonyl (C=O) groups excluding carboxylic acids is 2. The molecule has 2 amide bonds. The van der Waals surface area contributed by atoms with E-state index >= 15 is 0 Å². The third kappa shape index (κ3) is 4.48. The molecule has 1 saturated carbocycles. The SMILES string of the molecule is C[C@@H](SCC(=O)NCC(=O)NC1CC1)c1nc2ccccc2[nH]1. The van der Waals surface area contributed by atoms with Crippen LogP contribution >= 0.6 is 11.8 Å². The maximum Gasteiger partial charge on any atom is 0.239 e. The quantitative estimate of drug-likeness (QED) is 0.721. The van der Waals surface area contributed by atoms with E-state index in [9.17, 15) is 9.59 Å². The highest BCUT2D eigenvalue weighted by atomic mass is 32.2. The molecule has 7 heteroatoms. The number of thioether (sulfide) groups is 1. The molecule has 1 aliphatic rings. The number of hydrogen-bond acceptors (Lipinski definition) is 4. The first-order chi connectivity index (χ1) is 11.1. The van der Waals surface area contributed by atoms with Gasteiger partial charge in [0.05, 0.1) is 28.6 Å². The third-order valence-corrected chi connectivity index (χ3v) is 4.80. The maximum atomic E-state index is 11.8. The van der Waals surface area contributed by atoms with Crippen LogP contribution in [0.1, 0.15) is 30.8 Å². The molecule has 0 saturated heterocycles. The predicted molar refractivity (Wildman–Crippen MR) is 91.1 cm³/mol. The van der Waals surface area contributed by atoms with E-state index in [1.165, 1.54) is 11.8 Å². The van der Waals surface area contributed by atoms with Crippen molar-refractivity contribution in [2.45, 2.75) is 31.1 Å². The summed E-state index contributed by atoms with van der Waals surface area (Å²) in [6, 6.07) is 8.17. The van der Waals surface area contributed by atoms with Gasteiger partial charge >= 0.3 is 0 Å². The molecule has 2 aromatic rings. The second kappa shape index (κ2) is 7.04. The lowest BCUT2D eigenvalue weighted by Gasteiger charge is -2.09. The van der Waals surface area contributed by atoms with Gasteiger partial charge in [0.15, 0.2) is 0 Å². The molecular weight excluding hydrogens is 312 g/mol. The van der Waals surface area contributed by atoms with Crippen molar-refractivity contribution in [3.63, 3.8) is 0 Å². The number of aromatic amines is 1. The summed E-state index contributed by atoms with van der Waals surface area (Å²) in [6.45, 7) is 2.06. The van der Waals surface area contributed by atoms with Crippen LogP contribution in [0.5, 0.6) is 0 Å². The van der Waals surface area contributed by atoms with Crippen molar-refractivity contribution in [3.8, 4) is 0 Å². The Morgan fingerprint density at radius 2 is 2.13 bits per heavy atom. The lowest BCUT2D eigenvalue weighted by atomic mass is 10.3. The van der Waals surface area contributed by atoms with Crippen LogP contribution in [0.4, 0.5) is 0 Å². The smallest absolute Gasteiger partial charge is 0.239 e. The molecule has 1 atom stereocenters. The van der Waals surface area contributed by atoms with Crippen LogP contribution in [0, 0.1) is 0 Å². The Morgan fingerprint density at radius 3 is 2.87 bits per heavy atom. The number of amides is 2. The molecule has 0 aliphatic heterocycles. The van der Waals surface area contributed by atoms with E-state index in [1.54, 1.807) is 0 Å². The molecule has 23 heavy (non-hydrogen) atoms. The molecule has 3 rings (SSSR count). The zero-order valence-corrected chi connectivity index (χ0v) is 13.8. The molecule has 1 aromatic carbocycles. The van der Waals surface area contributed by atoms with Crippen LogP contribution in [0.2, 0.25) is 0 Å². The van der Waals surface area contributed by atoms with Gasteiger partial charge < -0.3 is 15.6 Å². The highest BCUT2D eigenvalue weighted by Gasteiger charge is 2.23. The summed E-state index contributed by atoms with van der Waals surface area (Å²) in [5.41, 5.74) is 1.92. The Bertz CT molecular complexity index is 678. The molecule has 0 bridgehead atoms. The fourth-order valence-corrected chi connectivity index (χ4v) is 2.95. The van der Waals surface area contributed by atoms with Crippen molar-refractivity contribution < 1.29 is 9.59 Å². The summed E-state index contributed by atoms with van der Waals surface area (Å²) < 4.78 is 0. The Morgan fingerprint density at radius 1 is 1.35 bits per heavy atom. The molecule has 1 aliphatic carbocycles. The van der Waals surface area contributed by atoms with Crippen molar-refractivity contribution in [2.75, 3.05) is 12.3 Å². The normalized spacial score (nSPS) is 15.3.